The van der Waals surface area contributed by atoms with Gasteiger partial charge in [0.1, 0.15) is 0 Å². The third-order valence-corrected chi connectivity index (χ3v) is 2.16. The SMILES string of the molecule is O=C(NC1CC1)c1cc(F)c(F)c(F)c1. The lowest BCUT2D eigenvalue weighted by Gasteiger charge is -2.04. The highest BCUT2D eigenvalue weighted by Gasteiger charge is 2.24. The van der Waals surface area contributed by atoms with E-state index in [2.05, 4.69) is 5.32 Å². The van der Waals surface area contributed by atoms with Crippen LogP contribution in [0, 0.1) is 17.5 Å². The van der Waals surface area contributed by atoms with Gasteiger partial charge in [-0.2, -0.15) is 0 Å². The molecule has 1 N–H and O–H groups in total. The summed E-state index contributed by atoms with van der Waals surface area (Å²) in [5.41, 5.74) is -0.196. The average Bonchev–Trinajstić information content (AvgIpc) is 2.97. The number of amides is 1. The Kier molecular flexibility index (Phi) is 2.38. The first-order valence-electron chi connectivity index (χ1n) is 4.53. The number of carbonyl (C=O) groups is 1. The van der Waals surface area contributed by atoms with Crippen LogP contribution >= 0.6 is 0 Å². The van der Waals surface area contributed by atoms with Gasteiger partial charge in [0.15, 0.2) is 17.5 Å². The van der Waals surface area contributed by atoms with Crippen molar-refractivity contribution >= 4 is 5.91 Å². The highest BCUT2D eigenvalue weighted by atomic mass is 19.2. The standard InChI is InChI=1S/C10H8F3NO/c11-7-3-5(4-8(12)9(7)13)10(15)14-6-1-2-6/h3-4,6H,1-2H2,(H,14,15). The van der Waals surface area contributed by atoms with Crippen LogP contribution in [0.15, 0.2) is 12.1 Å². The maximum Gasteiger partial charge on any atom is 0.251 e. The fourth-order valence-corrected chi connectivity index (χ4v) is 1.18. The van der Waals surface area contributed by atoms with Crippen LogP contribution < -0.4 is 5.32 Å². The summed E-state index contributed by atoms with van der Waals surface area (Å²) in [4.78, 5) is 11.3. The largest absolute Gasteiger partial charge is 0.349 e. The molecule has 0 radical (unpaired) electrons. The van der Waals surface area contributed by atoms with Gasteiger partial charge in [0.25, 0.3) is 5.91 Å². The normalized spacial score (nSPS) is 15.1. The molecule has 1 aliphatic rings. The van der Waals surface area contributed by atoms with Gasteiger partial charge in [0, 0.05) is 11.6 Å². The van der Waals surface area contributed by atoms with E-state index in [0.717, 1.165) is 12.8 Å². The summed E-state index contributed by atoms with van der Waals surface area (Å²) in [5, 5.41) is 2.55. The van der Waals surface area contributed by atoms with Crippen LogP contribution in [0.25, 0.3) is 0 Å². The van der Waals surface area contributed by atoms with Crippen molar-refractivity contribution in [3.05, 3.63) is 35.1 Å². The van der Waals surface area contributed by atoms with Gasteiger partial charge in [-0.1, -0.05) is 0 Å². The van der Waals surface area contributed by atoms with E-state index in [1.54, 1.807) is 0 Å². The Morgan fingerprint density at radius 3 is 2.20 bits per heavy atom. The van der Waals surface area contributed by atoms with Gasteiger partial charge < -0.3 is 5.32 Å². The molecule has 2 nitrogen and oxygen atoms in total. The first-order valence-corrected chi connectivity index (χ1v) is 4.53. The van der Waals surface area contributed by atoms with Crippen LogP contribution in [0.3, 0.4) is 0 Å². The maximum atomic E-state index is 12.8. The fraction of sp³-hybridized carbons (Fsp3) is 0.300. The number of hydrogen-bond donors (Lipinski definition) is 1. The quantitative estimate of drug-likeness (QED) is 0.751. The average molecular weight is 215 g/mol. The van der Waals surface area contributed by atoms with Crippen molar-refractivity contribution in [1.29, 1.82) is 0 Å². The van der Waals surface area contributed by atoms with Crippen molar-refractivity contribution in [3.63, 3.8) is 0 Å². The number of benzene rings is 1. The van der Waals surface area contributed by atoms with Crippen LogP contribution in [-0.4, -0.2) is 11.9 Å². The van der Waals surface area contributed by atoms with E-state index < -0.39 is 23.4 Å². The lowest BCUT2D eigenvalue weighted by Crippen LogP contribution is -2.25. The van der Waals surface area contributed by atoms with Gasteiger partial charge in [-0.25, -0.2) is 13.2 Å². The molecule has 1 amide bonds. The number of rotatable bonds is 2. The number of nitrogens with one attached hydrogen (secondary N) is 1. The Morgan fingerprint density at radius 2 is 1.73 bits per heavy atom. The Balaban J connectivity index is 2.23. The van der Waals surface area contributed by atoms with E-state index in [0.29, 0.717) is 12.1 Å². The van der Waals surface area contributed by atoms with E-state index in [1.165, 1.54) is 0 Å². The van der Waals surface area contributed by atoms with Crippen LogP contribution in [0.1, 0.15) is 23.2 Å². The number of hydrogen-bond acceptors (Lipinski definition) is 1. The predicted octanol–water partition coefficient (Wildman–Crippen LogP) is 2.00. The lowest BCUT2D eigenvalue weighted by atomic mass is 10.2. The maximum absolute atomic E-state index is 12.8. The minimum absolute atomic E-state index is 0.0914. The van der Waals surface area contributed by atoms with E-state index >= 15 is 0 Å². The zero-order valence-electron chi connectivity index (χ0n) is 7.69. The minimum Gasteiger partial charge on any atom is -0.349 e. The van der Waals surface area contributed by atoms with Gasteiger partial charge in [0.2, 0.25) is 0 Å². The first-order chi connectivity index (χ1) is 7.08. The molecule has 5 heteroatoms. The van der Waals surface area contributed by atoms with Gasteiger partial charge in [-0.05, 0) is 25.0 Å². The van der Waals surface area contributed by atoms with Crippen molar-refractivity contribution in [1.82, 2.24) is 5.32 Å². The van der Waals surface area contributed by atoms with Crippen LogP contribution in [0.5, 0.6) is 0 Å². The molecule has 0 heterocycles. The highest BCUT2D eigenvalue weighted by molar-refractivity contribution is 5.94. The first kappa shape index (κ1) is 10.0. The second kappa shape index (κ2) is 3.56. The summed E-state index contributed by atoms with van der Waals surface area (Å²) in [7, 11) is 0. The minimum atomic E-state index is -1.56. The molecule has 0 aromatic heterocycles. The van der Waals surface area contributed by atoms with E-state index in [-0.39, 0.29) is 11.6 Å². The number of halogens is 3. The molecular weight excluding hydrogens is 207 g/mol. The van der Waals surface area contributed by atoms with Crippen LogP contribution in [0.4, 0.5) is 13.2 Å². The highest BCUT2D eigenvalue weighted by Crippen LogP contribution is 2.20. The Morgan fingerprint density at radius 1 is 1.20 bits per heavy atom. The zero-order chi connectivity index (χ0) is 11.0. The predicted molar refractivity (Wildman–Crippen MR) is 46.8 cm³/mol. The molecule has 1 fully saturated rings. The smallest absolute Gasteiger partial charge is 0.251 e. The third-order valence-electron chi connectivity index (χ3n) is 2.16. The van der Waals surface area contributed by atoms with E-state index in [4.69, 9.17) is 0 Å². The van der Waals surface area contributed by atoms with Crippen molar-refractivity contribution in [2.24, 2.45) is 0 Å². The molecule has 0 atom stereocenters. The molecular formula is C10H8F3NO. The monoisotopic (exact) mass is 215 g/mol. The van der Waals surface area contributed by atoms with Gasteiger partial charge in [-0.15, -0.1) is 0 Å². The zero-order valence-corrected chi connectivity index (χ0v) is 7.69. The Bertz CT molecular complexity index is 392. The Labute approximate surface area is 84.1 Å². The van der Waals surface area contributed by atoms with Crippen molar-refractivity contribution < 1.29 is 18.0 Å². The molecule has 2 rings (SSSR count). The molecule has 0 unspecified atom stereocenters. The van der Waals surface area contributed by atoms with Crippen molar-refractivity contribution in [3.8, 4) is 0 Å². The molecule has 1 saturated carbocycles. The van der Waals surface area contributed by atoms with Crippen molar-refractivity contribution in [2.75, 3.05) is 0 Å². The van der Waals surface area contributed by atoms with Gasteiger partial charge >= 0.3 is 0 Å². The second-order valence-corrected chi connectivity index (χ2v) is 3.50. The summed E-state index contributed by atoms with van der Waals surface area (Å²) in [6.07, 6.45) is 1.75. The van der Waals surface area contributed by atoms with Gasteiger partial charge in [0.05, 0.1) is 0 Å². The fourth-order valence-electron chi connectivity index (χ4n) is 1.18. The summed E-state index contributed by atoms with van der Waals surface area (Å²) in [5.74, 6) is -4.83. The van der Waals surface area contributed by atoms with Crippen LogP contribution in [0.2, 0.25) is 0 Å². The summed E-state index contributed by atoms with van der Waals surface area (Å²) in [6.45, 7) is 0. The second-order valence-electron chi connectivity index (χ2n) is 3.50. The molecule has 80 valence electrons. The summed E-state index contributed by atoms with van der Waals surface area (Å²) >= 11 is 0. The summed E-state index contributed by atoms with van der Waals surface area (Å²) < 4.78 is 38.1. The lowest BCUT2D eigenvalue weighted by molar-refractivity contribution is 0.0950. The molecule has 1 aromatic carbocycles. The Hall–Kier alpha value is -1.52. The molecule has 0 saturated heterocycles. The van der Waals surface area contributed by atoms with Crippen molar-refractivity contribution in [2.45, 2.75) is 18.9 Å². The number of carbonyl (C=O) groups excluding carboxylic acids is 1. The topological polar surface area (TPSA) is 29.1 Å². The summed E-state index contributed by atoms with van der Waals surface area (Å²) in [6, 6.07) is 1.47. The molecule has 0 bridgehead atoms. The molecule has 1 aliphatic carbocycles. The van der Waals surface area contributed by atoms with E-state index in [1.807, 2.05) is 0 Å². The third kappa shape index (κ3) is 2.11. The molecule has 0 spiro atoms. The molecule has 0 aliphatic heterocycles. The van der Waals surface area contributed by atoms with Crippen LogP contribution in [-0.2, 0) is 0 Å². The molecule has 15 heavy (non-hydrogen) atoms. The van der Waals surface area contributed by atoms with Gasteiger partial charge in [-0.3, -0.25) is 4.79 Å². The van der Waals surface area contributed by atoms with E-state index in [9.17, 15) is 18.0 Å². The molecule has 1 aromatic rings.